The predicted octanol–water partition coefficient (Wildman–Crippen LogP) is 3.52. The fourth-order valence-electron chi connectivity index (χ4n) is 3.86. The molecule has 2 heterocycles. The molecule has 8 heteroatoms. The summed E-state index contributed by atoms with van der Waals surface area (Å²) >= 11 is 0. The maximum Gasteiger partial charge on any atom is 0.257 e. The maximum absolute atomic E-state index is 13.1. The summed E-state index contributed by atoms with van der Waals surface area (Å²) in [7, 11) is 3.14. The van der Waals surface area contributed by atoms with Gasteiger partial charge in [0.25, 0.3) is 5.91 Å². The van der Waals surface area contributed by atoms with Crippen molar-refractivity contribution in [1.29, 1.82) is 0 Å². The Labute approximate surface area is 193 Å². The molecule has 0 spiro atoms. The Morgan fingerprint density at radius 3 is 2.30 bits per heavy atom. The third-order valence-electron chi connectivity index (χ3n) is 5.64. The van der Waals surface area contributed by atoms with Crippen LogP contribution in [0.3, 0.4) is 0 Å². The number of carbonyl (C=O) groups excluding carboxylic acids is 1. The number of aromatic nitrogens is 2. The molecule has 172 valence electrons. The highest BCUT2D eigenvalue weighted by molar-refractivity contribution is 5.97. The van der Waals surface area contributed by atoms with E-state index in [-0.39, 0.29) is 5.91 Å². The number of nitrogens with zero attached hydrogens (tertiary/aromatic N) is 4. The van der Waals surface area contributed by atoms with Gasteiger partial charge in [-0.3, -0.25) is 4.79 Å². The molecule has 2 aromatic carbocycles. The lowest BCUT2D eigenvalue weighted by atomic mass is 10.1. The molecule has 0 aliphatic carbocycles. The Bertz CT molecular complexity index is 1100. The van der Waals surface area contributed by atoms with Crippen LogP contribution in [0.4, 0.5) is 5.82 Å². The first-order valence-corrected chi connectivity index (χ1v) is 10.9. The highest BCUT2D eigenvalue weighted by Crippen LogP contribution is 2.27. The zero-order valence-corrected chi connectivity index (χ0v) is 19.2. The summed E-state index contributed by atoms with van der Waals surface area (Å²) in [5.74, 6) is 2.78. The molecule has 0 saturated carbocycles. The number of rotatable bonds is 7. The van der Waals surface area contributed by atoms with Gasteiger partial charge >= 0.3 is 0 Å². The molecule has 1 amide bonds. The summed E-state index contributed by atoms with van der Waals surface area (Å²) < 4.78 is 16.2. The molecule has 0 atom stereocenters. The minimum absolute atomic E-state index is 0.0665. The van der Waals surface area contributed by atoms with E-state index in [9.17, 15) is 4.79 Å². The van der Waals surface area contributed by atoms with Crippen LogP contribution < -0.4 is 19.1 Å². The van der Waals surface area contributed by atoms with Crippen LogP contribution in [0.25, 0.3) is 11.3 Å². The van der Waals surface area contributed by atoms with E-state index in [1.807, 2.05) is 42.2 Å². The van der Waals surface area contributed by atoms with Gasteiger partial charge in [0.15, 0.2) is 0 Å². The normalized spacial score (nSPS) is 13.5. The minimum Gasteiger partial charge on any atom is -0.497 e. The first kappa shape index (κ1) is 22.4. The number of methoxy groups -OCH3 is 2. The summed E-state index contributed by atoms with van der Waals surface area (Å²) in [4.78, 5) is 26.0. The summed E-state index contributed by atoms with van der Waals surface area (Å²) in [5.41, 5.74) is 2.36. The standard InChI is InChI=1S/C25H28N4O4/c1-4-33-19-7-5-18(6-8-19)22-16-24(27-17-26-22)28-11-13-29(14-12-28)25(30)21-15-20(31-2)9-10-23(21)32-3/h5-10,15-17H,4,11-14H2,1-3H3. The van der Waals surface area contributed by atoms with E-state index in [4.69, 9.17) is 14.2 Å². The Morgan fingerprint density at radius 1 is 0.909 bits per heavy atom. The second kappa shape index (κ2) is 10.2. The van der Waals surface area contributed by atoms with Crippen LogP contribution in [0.5, 0.6) is 17.2 Å². The number of piperazine rings is 1. The van der Waals surface area contributed by atoms with Crippen molar-refractivity contribution in [3.05, 3.63) is 60.4 Å². The van der Waals surface area contributed by atoms with Gasteiger partial charge in [-0.15, -0.1) is 0 Å². The van der Waals surface area contributed by atoms with Gasteiger partial charge in [0, 0.05) is 37.8 Å². The molecule has 1 saturated heterocycles. The predicted molar refractivity (Wildman–Crippen MR) is 126 cm³/mol. The quantitative estimate of drug-likeness (QED) is 0.547. The van der Waals surface area contributed by atoms with Gasteiger partial charge in [-0.05, 0) is 49.4 Å². The highest BCUT2D eigenvalue weighted by Gasteiger charge is 2.25. The molecule has 1 aliphatic rings. The maximum atomic E-state index is 13.1. The number of hydrogen-bond donors (Lipinski definition) is 0. The van der Waals surface area contributed by atoms with Gasteiger partial charge in [-0.2, -0.15) is 0 Å². The Balaban J connectivity index is 1.44. The lowest BCUT2D eigenvalue weighted by Crippen LogP contribution is -2.49. The SMILES string of the molecule is CCOc1ccc(-c2cc(N3CCN(C(=O)c4cc(OC)ccc4OC)CC3)ncn2)cc1. The number of ether oxygens (including phenoxy) is 3. The number of anilines is 1. The number of amides is 1. The molecule has 0 unspecified atom stereocenters. The van der Waals surface area contributed by atoms with Crippen LogP contribution in [0, 0.1) is 0 Å². The van der Waals surface area contributed by atoms with Crippen molar-refractivity contribution in [1.82, 2.24) is 14.9 Å². The average molecular weight is 449 g/mol. The second-order valence-electron chi connectivity index (χ2n) is 7.56. The van der Waals surface area contributed by atoms with Crippen LogP contribution in [0.2, 0.25) is 0 Å². The average Bonchev–Trinajstić information content (AvgIpc) is 2.88. The largest absolute Gasteiger partial charge is 0.497 e. The van der Waals surface area contributed by atoms with E-state index in [0.717, 1.165) is 22.8 Å². The molecule has 1 aliphatic heterocycles. The lowest BCUT2D eigenvalue weighted by Gasteiger charge is -2.35. The number of hydrogen-bond acceptors (Lipinski definition) is 7. The smallest absolute Gasteiger partial charge is 0.257 e. The van der Waals surface area contributed by atoms with E-state index in [0.29, 0.717) is 49.8 Å². The molecule has 1 fully saturated rings. The Morgan fingerprint density at radius 2 is 1.64 bits per heavy atom. The van der Waals surface area contributed by atoms with Crippen molar-refractivity contribution in [2.75, 3.05) is 51.9 Å². The van der Waals surface area contributed by atoms with Crippen molar-refractivity contribution in [2.24, 2.45) is 0 Å². The van der Waals surface area contributed by atoms with Gasteiger partial charge < -0.3 is 24.0 Å². The van der Waals surface area contributed by atoms with Gasteiger partial charge in [0.2, 0.25) is 0 Å². The van der Waals surface area contributed by atoms with Crippen LogP contribution in [0.15, 0.2) is 54.9 Å². The molecule has 0 bridgehead atoms. The summed E-state index contributed by atoms with van der Waals surface area (Å²) in [5, 5.41) is 0. The molecular formula is C25H28N4O4. The van der Waals surface area contributed by atoms with Crippen LogP contribution >= 0.6 is 0 Å². The molecule has 4 rings (SSSR count). The van der Waals surface area contributed by atoms with E-state index in [1.165, 1.54) is 0 Å². The first-order chi connectivity index (χ1) is 16.1. The summed E-state index contributed by atoms with van der Waals surface area (Å²) in [6.45, 7) is 5.12. The zero-order valence-electron chi connectivity index (χ0n) is 19.2. The minimum atomic E-state index is -0.0665. The second-order valence-corrected chi connectivity index (χ2v) is 7.56. The van der Waals surface area contributed by atoms with Crippen molar-refractivity contribution < 1.29 is 19.0 Å². The van der Waals surface area contributed by atoms with Crippen molar-refractivity contribution in [2.45, 2.75) is 6.92 Å². The monoisotopic (exact) mass is 448 g/mol. The van der Waals surface area contributed by atoms with Crippen molar-refractivity contribution >= 4 is 11.7 Å². The molecule has 33 heavy (non-hydrogen) atoms. The van der Waals surface area contributed by atoms with Crippen LogP contribution in [-0.4, -0.2) is 67.8 Å². The van der Waals surface area contributed by atoms with E-state index in [1.54, 1.807) is 38.7 Å². The van der Waals surface area contributed by atoms with Gasteiger partial charge in [0.05, 0.1) is 32.1 Å². The summed E-state index contributed by atoms with van der Waals surface area (Å²) in [6.07, 6.45) is 1.58. The van der Waals surface area contributed by atoms with Crippen LogP contribution in [0.1, 0.15) is 17.3 Å². The zero-order chi connectivity index (χ0) is 23.2. The van der Waals surface area contributed by atoms with E-state index in [2.05, 4.69) is 14.9 Å². The Hall–Kier alpha value is -3.81. The lowest BCUT2D eigenvalue weighted by molar-refractivity contribution is 0.0742. The van der Waals surface area contributed by atoms with Gasteiger partial charge in [-0.25, -0.2) is 9.97 Å². The summed E-state index contributed by atoms with van der Waals surface area (Å²) in [6, 6.07) is 15.1. The molecule has 8 nitrogen and oxygen atoms in total. The molecule has 3 aromatic rings. The molecule has 1 aromatic heterocycles. The first-order valence-electron chi connectivity index (χ1n) is 10.9. The van der Waals surface area contributed by atoms with Gasteiger partial charge in [-0.1, -0.05) is 0 Å². The van der Waals surface area contributed by atoms with Crippen molar-refractivity contribution in [3.63, 3.8) is 0 Å². The molecular weight excluding hydrogens is 420 g/mol. The number of benzene rings is 2. The van der Waals surface area contributed by atoms with E-state index < -0.39 is 0 Å². The highest BCUT2D eigenvalue weighted by atomic mass is 16.5. The molecule has 0 radical (unpaired) electrons. The third kappa shape index (κ3) is 5.00. The number of carbonyl (C=O) groups is 1. The molecule has 0 N–H and O–H groups in total. The Kier molecular flexibility index (Phi) is 6.92. The topological polar surface area (TPSA) is 77.0 Å². The van der Waals surface area contributed by atoms with Crippen molar-refractivity contribution in [3.8, 4) is 28.5 Å². The fraction of sp³-hybridized carbons (Fsp3) is 0.320. The van der Waals surface area contributed by atoms with E-state index >= 15 is 0 Å². The van der Waals surface area contributed by atoms with Gasteiger partial charge in [0.1, 0.15) is 29.4 Å². The third-order valence-corrected chi connectivity index (χ3v) is 5.64. The fourth-order valence-corrected chi connectivity index (χ4v) is 3.86. The van der Waals surface area contributed by atoms with Crippen LogP contribution in [-0.2, 0) is 0 Å².